The van der Waals surface area contributed by atoms with Crippen molar-refractivity contribution in [2.75, 3.05) is 5.32 Å². The van der Waals surface area contributed by atoms with Crippen molar-refractivity contribution >= 4 is 12.0 Å². The van der Waals surface area contributed by atoms with Gasteiger partial charge in [-0.1, -0.05) is 13.8 Å². The molecular formula is C8H12N4O. The number of aromatic nitrogens is 2. The second kappa shape index (κ2) is 3.84. The van der Waals surface area contributed by atoms with E-state index in [1.807, 2.05) is 13.8 Å². The van der Waals surface area contributed by atoms with Crippen LogP contribution in [0.4, 0.5) is 10.7 Å². The number of carbonyl (C=O) groups excluding carboxylic acids is 1. The molecule has 1 rings (SSSR count). The molecule has 5 nitrogen and oxygen atoms in total. The van der Waals surface area contributed by atoms with E-state index in [2.05, 4.69) is 15.3 Å². The summed E-state index contributed by atoms with van der Waals surface area (Å²) in [4.78, 5) is 18.4. The number of hydrogen-bond acceptors (Lipinski definition) is 3. The first kappa shape index (κ1) is 9.44. The zero-order valence-electron chi connectivity index (χ0n) is 7.61. The molecule has 0 aliphatic carbocycles. The molecule has 0 spiro atoms. The average Bonchev–Trinajstić information content (AvgIpc) is 2.03. The molecule has 0 unspecified atom stereocenters. The Hall–Kier alpha value is -1.65. The van der Waals surface area contributed by atoms with E-state index >= 15 is 0 Å². The maximum Gasteiger partial charge on any atom is 0.319 e. The third-order valence-corrected chi connectivity index (χ3v) is 1.50. The topological polar surface area (TPSA) is 80.9 Å². The third-order valence-electron chi connectivity index (χ3n) is 1.50. The zero-order chi connectivity index (χ0) is 9.84. The van der Waals surface area contributed by atoms with Gasteiger partial charge in [0.1, 0.15) is 0 Å². The summed E-state index contributed by atoms with van der Waals surface area (Å²) in [5.74, 6) is 0.551. The van der Waals surface area contributed by atoms with Crippen LogP contribution in [0.5, 0.6) is 0 Å². The van der Waals surface area contributed by atoms with Gasteiger partial charge in [0.25, 0.3) is 0 Å². The Bertz CT molecular complexity index is 311. The monoisotopic (exact) mass is 180 g/mol. The van der Waals surface area contributed by atoms with E-state index < -0.39 is 6.03 Å². The molecule has 0 fully saturated rings. The summed E-state index contributed by atoms with van der Waals surface area (Å²) in [6.07, 6.45) is 1.59. The van der Waals surface area contributed by atoms with Crippen molar-refractivity contribution < 1.29 is 4.79 Å². The van der Waals surface area contributed by atoms with Crippen LogP contribution < -0.4 is 11.1 Å². The number of primary amides is 1. The van der Waals surface area contributed by atoms with Crippen LogP contribution in [0, 0.1) is 0 Å². The third kappa shape index (κ3) is 2.70. The fourth-order valence-corrected chi connectivity index (χ4v) is 0.865. The summed E-state index contributed by atoms with van der Waals surface area (Å²) in [7, 11) is 0. The van der Waals surface area contributed by atoms with Gasteiger partial charge in [0.15, 0.2) is 0 Å². The molecule has 1 heterocycles. The molecule has 0 radical (unpaired) electrons. The highest BCUT2D eigenvalue weighted by atomic mass is 16.2. The summed E-state index contributed by atoms with van der Waals surface area (Å²) in [6, 6.07) is 1.15. The van der Waals surface area contributed by atoms with Gasteiger partial charge in [-0.3, -0.25) is 5.32 Å². The number of hydrogen-bond donors (Lipinski definition) is 2. The molecule has 0 aliphatic heterocycles. The number of nitrogens with two attached hydrogens (primary N) is 1. The molecule has 5 heteroatoms. The van der Waals surface area contributed by atoms with Crippen LogP contribution in [0.1, 0.15) is 25.5 Å². The van der Waals surface area contributed by atoms with Crippen LogP contribution >= 0.6 is 0 Å². The average molecular weight is 180 g/mol. The van der Waals surface area contributed by atoms with Gasteiger partial charge in [0.2, 0.25) is 5.95 Å². The number of amides is 2. The van der Waals surface area contributed by atoms with Gasteiger partial charge in [0.05, 0.1) is 0 Å². The van der Waals surface area contributed by atoms with Gasteiger partial charge >= 0.3 is 6.03 Å². The molecule has 13 heavy (non-hydrogen) atoms. The Labute approximate surface area is 76.4 Å². The SMILES string of the molecule is CC(C)c1ccnc(NC(N)=O)n1. The van der Waals surface area contributed by atoms with Gasteiger partial charge in [-0.05, 0) is 12.0 Å². The minimum absolute atomic E-state index is 0.249. The molecular weight excluding hydrogens is 168 g/mol. The highest BCUT2D eigenvalue weighted by molar-refractivity contribution is 5.85. The molecule has 0 bridgehead atoms. The lowest BCUT2D eigenvalue weighted by atomic mass is 10.1. The highest BCUT2D eigenvalue weighted by Gasteiger charge is 2.03. The van der Waals surface area contributed by atoms with Crippen molar-refractivity contribution in [2.45, 2.75) is 19.8 Å². The fourth-order valence-electron chi connectivity index (χ4n) is 0.865. The van der Waals surface area contributed by atoms with Gasteiger partial charge < -0.3 is 5.73 Å². The Morgan fingerprint density at radius 2 is 2.31 bits per heavy atom. The minimum Gasteiger partial charge on any atom is -0.351 e. The van der Waals surface area contributed by atoms with E-state index in [9.17, 15) is 4.79 Å². The number of urea groups is 1. The second-order valence-electron chi connectivity index (χ2n) is 2.95. The maximum atomic E-state index is 10.5. The molecule has 3 N–H and O–H groups in total. The van der Waals surface area contributed by atoms with Crippen molar-refractivity contribution in [1.29, 1.82) is 0 Å². The molecule has 2 amide bonds. The van der Waals surface area contributed by atoms with Crippen molar-refractivity contribution in [1.82, 2.24) is 9.97 Å². The molecule has 0 aliphatic rings. The minimum atomic E-state index is -0.652. The second-order valence-corrected chi connectivity index (χ2v) is 2.95. The van der Waals surface area contributed by atoms with Crippen LogP contribution in [0.3, 0.4) is 0 Å². The van der Waals surface area contributed by atoms with Crippen LogP contribution in [0.25, 0.3) is 0 Å². The molecule has 70 valence electrons. The predicted molar refractivity (Wildman–Crippen MR) is 49.3 cm³/mol. The van der Waals surface area contributed by atoms with E-state index in [4.69, 9.17) is 5.73 Å². The van der Waals surface area contributed by atoms with Crippen LogP contribution in [-0.4, -0.2) is 16.0 Å². The molecule has 0 saturated carbocycles. The summed E-state index contributed by atoms with van der Waals surface area (Å²) >= 11 is 0. The summed E-state index contributed by atoms with van der Waals surface area (Å²) in [5, 5.41) is 2.32. The normalized spacial score (nSPS) is 10.1. The first-order valence-electron chi connectivity index (χ1n) is 3.99. The Morgan fingerprint density at radius 3 is 2.85 bits per heavy atom. The fraction of sp³-hybridized carbons (Fsp3) is 0.375. The quantitative estimate of drug-likeness (QED) is 0.714. The maximum absolute atomic E-state index is 10.5. The van der Waals surface area contributed by atoms with E-state index in [1.54, 1.807) is 12.3 Å². The molecule has 0 aromatic carbocycles. The molecule has 0 atom stereocenters. The number of nitrogens with one attached hydrogen (secondary N) is 1. The van der Waals surface area contributed by atoms with Crippen LogP contribution in [0.15, 0.2) is 12.3 Å². The number of rotatable bonds is 2. The zero-order valence-corrected chi connectivity index (χ0v) is 7.61. The van der Waals surface area contributed by atoms with E-state index in [0.29, 0.717) is 5.92 Å². The van der Waals surface area contributed by atoms with E-state index in [0.717, 1.165) is 5.69 Å². The van der Waals surface area contributed by atoms with Crippen molar-refractivity contribution in [3.63, 3.8) is 0 Å². The molecule has 1 aromatic heterocycles. The largest absolute Gasteiger partial charge is 0.351 e. The van der Waals surface area contributed by atoms with Crippen LogP contribution in [0.2, 0.25) is 0 Å². The predicted octanol–water partition coefficient (Wildman–Crippen LogP) is 1.09. The van der Waals surface area contributed by atoms with Gasteiger partial charge in [-0.2, -0.15) is 0 Å². The number of anilines is 1. The number of nitrogens with zero attached hydrogens (tertiary/aromatic N) is 2. The van der Waals surface area contributed by atoms with E-state index in [-0.39, 0.29) is 5.95 Å². The lowest BCUT2D eigenvalue weighted by Crippen LogP contribution is -2.21. The lowest BCUT2D eigenvalue weighted by Gasteiger charge is -2.05. The van der Waals surface area contributed by atoms with E-state index in [1.165, 1.54) is 0 Å². The first-order valence-corrected chi connectivity index (χ1v) is 3.99. The molecule has 1 aromatic rings. The molecule has 0 saturated heterocycles. The summed E-state index contributed by atoms with van der Waals surface area (Å²) in [5.41, 5.74) is 5.79. The van der Waals surface area contributed by atoms with Gasteiger partial charge in [-0.25, -0.2) is 14.8 Å². The van der Waals surface area contributed by atoms with Crippen LogP contribution in [-0.2, 0) is 0 Å². The number of carbonyl (C=O) groups is 1. The Morgan fingerprint density at radius 1 is 1.62 bits per heavy atom. The Balaban J connectivity index is 2.85. The summed E-state index contributed by atoms with van der Waals surface area (Å²) in [6.45, 7) is 4.02. The standard InChI is InChI=1S/C8H12N4O/c1-5(2)6-3-4-10-8(11-6)12-7(9)13/h3-5H,1-2H3,(H3,9,10,11,12,13). The van der Waals surface area contributed by atoms with Gasteiger partial charge in [-0.15, -0.1) is 0 Å². The lowest BCUT2D eigenvalue weighted by molar-refractivity contribution is 0.259. The van der Waals surface area contributed by atoms with Crippen molar-refractivity contribution in [3.05, 3.63) is 18.0 Å². The Kier molecular flexibility index (Phi) is 2.79. The van der Waals surface area contributed by atoms with Crippen molar-refractivity contribution in [2.24, 2.45) is 5.73 Å². The summed E-state index contributed by atoms with van der Waals surface area (Å²) < 4.78 is 0. The smallest absolute Gasteiger partial charge is 0.319 e. The first-order chi connectivity index (χ1) is 6.09. The van der Waals surface area contributed by atoms with Gasteiger partial charge in [0, 0.05) is 11.9 Å². The van der Waals surface area contributed by atoms with Crippen molar-refractivity contribution in [3.8, 4) is 0 Å². The highest BCUT2D eigenvalue weighted by Crippen LogP contribution is 2.11.